The van der Waals surface area contributed by atoms with Gasteiger partial charge in [0.2, 0.25) is 0 Å². The molecule has 0 saturated heterocycles. The van der Waals surface area contributed by atoms with Crippen molar-refractivity contribution in [1.82, 2.24) is 0 Å². The Morgan fingerprint density at radius 1 is 1.16 bits per heavy atom. The van der Waals surface area contributed by atoms with Crippen molar-refractivity contribution in [2.75, 3.05) is 0 Å². The molecule has 2 N–H and O–H groups in total. The molecule has 0 spiro atoms. The smallest absolute Gasteiger partial charge is 0.323 e. The number of carbonyl (C=O) groups is 1. The Labute approximate surface area is 115 Å². The second-order valence-corrected chi connectivity index (χ2v) is 5.35. The van der Waals surface area contributed by atoms with E-state index in [1.54, 1.807) is 0 Å². The number of hydrogen-bond donors (Lipinski definition) is 1. The van der Waals surface area contributed by atoms with Crippen molar-refractivity contribution in [2.45, 2.75) is 57.1 Å². The van der Waals surface area contributed by atoms with Crippen molar-refractivity contribution in [1.29, 1.82) is 0 Å². The van der Waals surface area contributed by atoms with Crippen LogP contribution in [-0.2, 0) is 16.0 Å². The molecule has 1 atom stereocenters. The van der Waals surface area contributed by atoms with E-state index in [9.17, 15) is 4.79 Å². The van der Waals surface area contributed by atoms with E-state index in [1.807, 2.05) is 30.3 Å². The van der Waals surface area contributed by atoms with Crippen LogP contribution in [0.2, 0.25) is 0 Å². The average molecular weight is 261 g/mol. The molecule has 0 aliphatic heterocycles. The molecule has 1 aromatic carbocycles. The molecule has 1 fully saturated rings. The molecule has 2 rings (SSSR count). The van der Waals surface area contributed by atoms with Gasteiger partial charge in [0, 0.05) is 0 Å². The molecular formula is C16H23NO2. The number of carbonyl (C=O) groups excluding carboxylic acids is 1. The van der Waals surface area contributed by atoms with Gasteiger partial charge in [-0.3, -0.25) is 4.79 Å². The average Bonchev–Trinajstić information content (AvgIpc) is 2.68. The third kappa shape index (κ3) is 4.67. The van der Waals surface area contributed by atoms with E-state index >= 15 is 0 Å². The van der Waals surface area contributed by atoms with Gasteiger partial charge in [-0.15, -0.1) is 0 Å². The molecule has 0 unspecified atom stereocenters. The van der Waals surface area contributed by atoms with Gasteiger partial charge in [-0.2, -0.15) is 0 Å². The van der Waals surface area contributed by atoms with Gasteiger partial charge in [0.1, 0.15) is 12.1 Å². The first-order valence-corrected chi connectivity index (χ1v) is 7.25. The summed E-state index contributed by atoms with van der Waals surface area (Å²) in [5, 5.41) is 0. The van der Waals surface area contributed by atoms with Crippen LogP contribution in [0.15, 0.2) is 30.3 Å². The van der Waals surface area contributed by atoms with Crippen LogP contribution in [0.25, 0.3) is 0 Å². The maximum Gasteiger partial charge on any atom is 0.323 e. The van der Waals surface area contributed by atoms with Gasteiger partial charge in [-0.05, 0) is 37.7 Å². The Hall–Kier alpha value is -1.35. The maximum atomic E-state index is 12.0. The molecule has 0 bridgehead atoms. The van der Waals surface area contributed by atoms with E-state index in [2.05, 4.69) is 0 Å². The standard InChI is InChI=1S/C16H23NO2/c17-15(12-13-8-4-3-5-9-13)16(18)19-14-10-6-1-2-7-11-14/h3-5,8-9,14-15H,1-2,6-7,10-12,17H2/t15-/m0/s1. The minimum Gasteiger partial charge on any atom is -0.461 e. The molecule has 0 amide bonds. The van der Waals surface area contributed by atoms with Crippen LogP contribution in [0.5, 0.6) is 0 Å². The summed E-state index contributed by atoms with van der Waals surface area (Å²) in [6.07, 6.45) is 7.43. The van der Waals surface area contributed by atoms with Crippen LogP contribution >= 0.6 is 0 Å². The minimum atomic E-state index is -0.550. The van der Waals surface area contributed by atoms with Crippen molar-refractivity contribution < 1.29 is 9.53 Å². The van der Waals surface area contributed by atoms with Crippen molar-refractivity contribution >= 4 is 5.97 Å². The van der Waals surface area contributed by atoms with Crippen LogP contribution in [0.1, 0.15) is 44.1 Å². The minimum absolute atomic E-state index is 0.0804. The predicted molar refractivity (Wildman–Crippen MR) is 75.7 cm³/mol. The highest BCUT2D eigenvalue weighted by Gasteiger charge is 2.21. The lowest BCUT2D eigenvalue weighted by Gasteiger charge is -2.18. The monoisotopic (exact) mass is 261 g/mol. The summed E-state index contributed by atoms with van der Waals surface area (Å²) in [5.74, 6) is -0.254. The Bertz CT molecular complexity index is 383. The van der Waals surface area contributed by atoms with Crippen LogP contribution in [0, 0.1) is 0 Å². The number of hydrogen-bond acceptors (Lipinski definition) is 3. The van der Waals surface area contributed by atoms with Gasteiger partial charge >= 0.3 is 5.97 Å². The molecule has 1 aliphatic carbocycles. The first-order chi connectivity index (χ1) is 9.25. The summed E-state index contributed by atoms with van der Waals surface area (Å²) >= 11 is 0. The Kier molecular flexibility index (Phi) is 5.40. The highest BCUT2D eigenvalue weighted by atomic mass is 16.5. The number of esters is 1. The van der Waals surface area contributed by atoms with Crippen molar-refractivity contribution in [3.8, 4) is 0 Å². The zero-order valence-corrected chi connectivity index (χ0v) is 11.4. The second-order valence-electron chi connectivity index (χ2n) is 5.35. The lowest BCUT2D eigenvalue weighted by Crippen LogP contribution is -2.36. The molecule has 0 aromatic heterocycles. The number of rotatable bonds is 4. The molecule has 1 saturated carbocycles. The lowest BCUT2D eigenvalue weighted by molar-refractivity contribution is -0.151. The van der Waals surface area contributed by atoms with E-state index in [-0.39, 0.29) is 12.1 Å². The fraction of sp³-hybridized carbons (Fsp3) is 0.562. The summed E-state index contributed by atoms with van der Waals surface area (Å²) in [6.45, 7) is 0. The third-order valence-electron chi connectivity index (χ3n) is 3.69. The van der Waals surface area contributed by atoms with E-state index in [0.29, 0.717) is 6.42 Å². The van der Waals surface area contributed by atoms with Crippen LogP contribution in [0.3, 0.4) is 0 Å². The molecular weight excluding hydrogens is 238 g/mol. The van der Waals surface area contributed by atoms with Crippen LogP contribution in [0.4, 0.5) is 0 Å². The van der Waals surface area contributed by atoms with E-state index in [4.69, 9.17) is 10.5 Å². The van der Waals surface area contributed by atoms with E-state index < -0.39 is 6.04 Å². The molecule has 1 aliphatic rings. The normalized spacial score (nSPS) is 18.6. The number of benzene rings is 1. The fourth-order valence-electron chi connectivity index (χ4n) is 2.56. The molecule has 104 valence electrons. The van der Waals surface area contributed by atoms with Gasteiger partial charge in [-0.1, -0.05) is 43.2 Å². The Morgan fingerprint density at radius 2 is 1.79 bits per heavy atom. The molecule has 3 heteroatoms. The van der Waals surface area contributed by atoms with Gasteiger partial charge in [0.05, 0.1) is 0 Å². The van der Waals surface area contributed by atoms with Crippen molar-refractivity contribution in [3.63, 3.8) is 0 Å². The Balaban J connectivity index is 1.81. The highest BCUT2D eigenvalue weighted by molar-refractivity contribution is 5.76. The highest BCUT2D eigenvalue weighted by Crippen LogP contribution is 2.20. The molecule has 1 aromatic rings. The predicted octanol–water partition coefficient (Wildman–Crippen LogP) is 2.82. The maximum absolute atomic E-state index is 12.0. The zero-order valence-electron chi connectivity index (χ0n) is 11.4. The quantitative estimate of drug-likeness (QED) is 0.670. The largest absolute Gasteiger partial charge is 0.461 e. The summed E-state index contributed by atoms with van der Waals surface area (Å²) in [5.41, 5.74) is 7.01. The number of nitrogens with two attached hydrogens (primary N) is 1. The van der Waals surface area contributed by atoms with Gasteiger partial charge < -0.3 is 10.5 Å². The first-order valence-electron chi connectivity index (χ1n) is 7.25. The SMILES string of the molecule is N[C@@H](Cc1ccccc1)C(=O)OC1CCCCCC1. The first kappa shape index (κ1) is 14.1. The van der Waals surface area contributed by atoms with Crippen LogP contribution in [-0.4, -0.2) is 18.1 Å². The summed E-state index contributed by atoms with van der Waals surface area (Å²) in [4.78, 5) is 12.0. The number of ether oxygens (including phenoxy) is 1. The van der Waals surface area contributed by atoms with Crippen molar-refractivity contribution in [3.05, 3.63) is 35.9 Å². The lowest BCUT2D eigenvalue weighted by atomic mass is 10.1. The van der Waals surface area contributed by atoms with Gasteiger partial charge in [-0.25, -0.2) is 0 Å². The van der Waals surface area contributed by atoms with Gasteiger partial charge in [0.25, 0.3) is 0 Å². The Morgan fingerprint density at radius 3 is 2.42 bits per heavy atom. The molecule has 0 radical (unpaired) electrons. The second kappa shape index (κ2) is 7.29. The molecule has 3 nitrogen and oxygen atoms in total. The van der Waals surface area contributed by atoms with Crippen molar-refractivity contribution in [2.24, 2.45) is 5.73 Å². The third-order valence-corrected chi connectivity index (χ3v) is 3.69. The summed E-state index contributed by atoms with van der Waals surface area (Å²) in [7, 11) is 0. The van der Waals surface area contributed by atoms with E-state index in [0.717, 1.165) is 31.2 Å². The fourth-order valence-corrected chi connectivity index (χ4v) is 2.56. The summed E-state index contributed by atoms with van der Waals surface area (Å²) in [6, 6.07) is 9.29. The molecule has 0 heterocycles. The zero-order chi connectivity index (χ0) is 13.5. The van der Waals surface area contributed by atoms with Gasteiger partial charge in [0.15, 0.2) is 0 Å². The van der Waals surface area contributed by atoms with E-state index in [1.165, 1.54) is 12.8 Å². The topological polar surface area (TPSA) is 52.3 Å². The molecule has 19 heavy (non-hydrogen) atoms. The summed E-state index contributed by atoms with van der Waals surface area (Å²) < 4.78 is 5.54. The van der Waals surface area contributed by atoms with Crippen LogP contribution < -0.4 is 5.73 Å².